The Kier molecular flexibility index (Phi) is 18.6. The van der Waals surface area contributed by atoms with Crippen LogP contribution in [-0.2, 0) is 27.2 Å². The highest BCUT2D eigenvalue weighted by Crippen LogP contribution is 2.32. The number of carboxylic acid groups (broad SMARTS) is 1. The van der Waals surface area contributed by atoms with Crippen LogP contribution < -0.4 is 40.1 Å². The summed E-state index contributed by atoms with van der Waals surface area (Å²) in [7, 11) is 0. The first kappa shape index (κ1) is 48.6. The van der Waals surface area contributed by atoms with Gasteiger partial charge in [-0.15, -0.1) is 0 Å². The summed E-state index contributed by atoms with van der Waals surface area (Å²) in [6.07, 6.45) is 0.113. The highest BCUT2D eigenvalue weighted by Gasteiger charge is 2.43. The van der Waals surface area contributed by atoms with Crippen LogP contribution in [0.5, 0.6) is 0 Å². The van der Waals surface area contributed by atoms with E-state index in [9.17, 15) is 38.7 Å². The Balaban J connectivity index is 3.19. The molecule has 0 heterocycles. The Bertz CT molecular complexity index is 1780. The average Bonchev–Trinajstić information content (AvgIpc) is 3.15. The number of unbranched alkanes of at least 4 members (excludes halogenated alkanes) is 1. The molecule has 0 aliphatic heterocycles. The lowest BCUT2D eigenvalue weighted by Crippen LogP contribution is -2.60. The topological polar surface area (TPSA) is 325 Å². The highest BCUT2D eigenvalue weighted by molar-refractivity contribution is 6.23. The summed E-state index contributed by atoms with van der Waals surface area (Å²) in [5, 5.41) is 10.8. The van der Waals surface area contributed by atoms with Crippen LogP contribution in [0.2, 0.25) is 0 Å². The van der Waals surface area contributed by atoms with E-state index < -0.39 is 118 Å². The van der Waals surface area contributed by atoms with Gasteiger partial charge >= 0.3 is 5.97 Å². The molecule has 2 amide bonds. The van der Waals surface area contributed by atoms with Crippen molar-refractivity contribution in [3.05, 3.63) is 69.8 Å². The maximum absolute atomic E-state index is 14.6. The monoisotopic (exact) mass is 794 g/mol. The fraction of sp³-hybridized carbons (Fsp3) is 0.537. The van der Waals surface area contributed by atoms with Gasteiger partial charge in [0.15, 0.2) is 23.1 Å². The van der Waals surface area contributed by atoms with E-state index in [1.54, 1.807) is 58.0 Å². The highest BCUT2D eigenvalue weighted by atomic mass is 16.4. The van der Waals surface area contributed by atoms with Crippen LogP contribution in [0.25, 0.3) is 0 Å². The summed E-state index contributed by atoms with van der Waals surface area (Å²) in [4.78, 5) is 99.3. The maximum atomic E-state index is 14.6. The molecule has 7 unspecified atom stereocenters. The molecule has 0 spiro atoms. The summed E-state index contributed by atoms with van der Waals surface area (Å²) < 4.78 is 0. The lowest BCUT2D eigenvalue weighted by atomic mass is 9.78. The van der Waals surface area contributed by atoms with Gasteiger partial charge in [-0.1, -0.05) is 64.4 Å². The smallest absolute Gasteiger partial charge is 0.327 e. The summed E-state index contributed by atoms with van der Waals surface area (Å²) in [5.41, 5.74) is 41.6. The van der Waals surface area contributed by atoms with E-state index >= 15 is 0 Å². The van der Waals surface area contributed by atoms with Gasteiger partial charge in [0, 0.05) is 28.7 Å². The molecule has 2 aromatic carbocycles. The zero-order valence-electron chi connectivity index (χ0n) is 33.9. The minimum atomic E-state index is -2.10. The second-order valence-electron chi connectivity index (χ2n) is 15.5. The Hall–Kier alpha value is -4.55. The molecule has 0 aliphatic carbocycles. The third-order valence-electron chi connectivity index (χ3n) is 9.71. The van der Waals surface area contributed by atoms with Crippen molar-refractivity contribution < 1.29 is 38.7 Å². The molecule has 0 aromatic heterocycles. The van der Waals surface area contributed by atoms with Gasteiger partial charge in [0.25, 0.3) is 0 Å². The zero-order chi connectivity index (χ0) is 43.5. The fourth-order valence-electron chi connectivity index (χ4n) is 6.47. The van der Waals surface area contributed by atoms with Gasteiger partial charge in [0.05, 0.1) is 36.3 Å². The number of carbonyl (C=O) groups is 7. The van der Waals surface area contributed by atoms with E-state index in [-0.39, 0.29) is 30.7 Å². The van der Waals surface area contributed by atoms with Crippen molar-refractivity contribution in [2.75, 3.05) is 6.54 Å². The van der Waals surface area contributed by atoms with Gasteiger partial charge in [-0.05, 0) is 75.1 Å². The van der Waals surface area contributed by atoms with Gasteiger partial charge in [-0.3, -0.25) is 33.7 Å². The number of rotatable bonds is 23. The first-order valence-corrected chi connectivity index (χ1v) is 19.3. The molecular formula is C41H62N8O8. The number of benzene rings is 2. The summed E-state index contributed by atoms with van der Waals surface area (Å²) >= 11 is 0. The number of nitrogens with zero attached hydrogens (tertiary/aromatic N) is 1. The predicted molar refractivity (Wildman–Crippen MR) is 217 cm³/mol. The average molecular weight is 795 g/mol. The Morgan fingerprint density at radius 1 is 0.649 bits per heavy atom. The van der Waals surface area contributed by atoms with E-state index in [1.807, 2.05) is 0 Å². The first-order valence-electron chi connectivity index (χ1n) is 19.3. The molecule has 314 valence electrons. The molecule has 0 bridgehead atoms. The number of hydrogen-bond donors (Lipinski definition) is 8. The molecule has 0 saturated carbocycles. The number of aliphatic carboxylic acids is 1. The Morgan fingerprint density at radius 3 is 1.70 bits per heavy atom. The van der Waals surface area contributed by atoms with Crippen LogP contribution in [0.15, 0.2) is 36.4 Å². The van der Waals surface area contributed by atoms with Crippen LogP contribution in [0.4, 0.5) is 0 Å². The molecule has 15 N–H and O–H groups in total. The second kappa shape index (κ2) is 21.8. The van der Waals surface area contributed by atoms with Crippen molar-refractivity contribution in [1.29, 1.82) is 0 Å². The molecule has 57 heavy (non-hydrogen) atoms. The quantitative estimate of drug-likeness (QED) is 0.0571. The van der Waals surface area contributed by atoms with Crippen LogP contribution >= 0.6 is 0 Å². The number of hydrogen-bond acceptors (Lipinski definition) is 14. The van der Waals surface area contributed by atoms with E-state index in [4.69, 9.17) is 40.1 Å². The summed E-state index contributed by atoms with van der Waals surface area (Å²) in [6, 6.07) is -0.406. The zero-order valence-corrected chi connectivity index (χ0v) is 33.9. The van der Waals surface area contributed by atoms with Crippen molar-refractivity contribution in [3.8, 4) is 0 Å². The standard InChI is InChI=1S/C41H62N8O8/c1-20(2)16-28(46)38(53)31-25(18-26(35(50)22(5)43)32(36(51)23(6)44)33(31)37(52)27(45)14-10-11-15-42)19-30(41(56)57)49(40(55)34(48)21(3)4)39(54)29(47)17-24-12-8-7-9-13-24/h7-9,12-13,18,20-23,27-30,34H,10-11,14-17,19,42-48H2,1-6H3,(H,56,57). The lowest BCUT2D eigenvalue weighted by molar-refractivity contribution is -0.159. The van der Waals surface area contributed by atoms with Gasteiger partial charge in [-0.25, -0.2) is 4.79 Å². The van der Waals surface area contributed by atoms with Crippen LogP contribution in [0.1, 0.15) is 120 Å². The number of Topliss-reactive ketones (excluding diaryl/α,β-unsaturated/α-hetero) is 4. The van der Waals surface area contributed by atoms with Crippen LogP contribution in [-0.4, -0.2) is 99.8 Å². The number of nitrogens with two attached hydrogens (primary N) is 7. The molecule has 0 fully saturated rings. The third kappa shape index (κ3) is 12.5. The first-order chi connectivity index (χ1) is 26.6. The van der Waals surface area contributed by atoms with E-state index in [2.05, 4.69) is 0 Å². The third-order valence-corrected chi connectivity index (χ3v) is 9.71. The molecule has 2 aromatic rings. The SMILES string of the molecule is CC(C)CC(N)C(=O)c1c(CC(C(=O)O)N(C(=O)C(N)Cc2ccccc2)C(=O)C(N)C(C)C)cc(C(=O)C(C)N)c(C(=O)C(C)N)c1C(=O)C(N)CCCCN. The van der Waals surface area contributed by atoms with Gasteiger partial charge in [0.1, 0.15) is 6.04 Å². The summed E-state index contributed by atoms with van der Waals surface area (Å²) in [6.45, 7) is 9.76. The largest absolute Gasteiger partial charge is 0.480 e. The van der Waals surface area contributed by atoms with Crippen LogP contribution in [0, 0.1) is 11.8 Å². The molecule has 0 saturated heterocycles. The van der Waals surface area contributed by atoms with Crippen molar-refractivity contribution in [2.45, 2.75) is 122 Å². The fourth-order valence-corrected chi connectivity index (χ4v) is 6.47. The number of amides is 2. The molecule has 16 heteroatoms. The minimum absolute atomic E-state index is 0.0647. The summed E-state index contributed by atoms with van der Waals surface area (Å²) in [5.74, 6) is -8.09. The van der Waals surface area contributed by atoms with Gasteiger partial charge in [0.2, 0.25) is 11.8 Å². The Labute approximate surface area is 334 Å². The number of carboxylic acids is 1. The second-order valence-corrected chi connectivity index (χ2v) is 15.5. The van der Waals surface area contributed by atoms with E-state index in [0.29, 0.717) is 29.8 Å². The van der Waals surface area contributed by atoms with Crippen molar-refractivity contribution in [3.63, 3.8) is 0 Å². The predicted octanol–water partition coefficient (Wildman–Crippen LogP) is 0.846. The molecular weight excluding hydrogens is 732 g/mol. The van der Waals surface area contributed by atoms with Crippen molar-refractivity contribution in [1.82, 2.24) is 4.90 Å². The van der Waals surface area contributed by atoms with Gasteiger partial charge < -0.3 is 45.2 Å². The molecule has 2 rings (SSSR count). The maximum Gasteiger partial charge on any atom is 0.327 e. The van der Waals surface area contributed by atoms with Crippen molar-refractivity contribution >= 4 is 40.9 Å². The molecule has 16 nitrogen and oxygen atoms in total. The van der Waals surface area contributed by atoms with E-state index in [0.717, 1.165) is 6.07 Å². The molecule has 7 atom stereocenters. The number of ketones is 4. The minimum Gasteiger partial charge on any atom is -0.480 e. The van der Waals surface area contributed by atoms with Crippen molar-refractivity contribution in [2.24, 2.45) is 52.0 Å². The lowest BCUT2D eigenvalue weighted by Gasteiger charge is -2.33. The number of imide groups is 1. The number of carbonyl (C=O) groups excluding carboxylic acids is 6. The van der Waals surface area contributed by atoms with E-state index in [1.165, 1.54) is 13.8 Å². The van der Waals surface area contributed by atoms with Crippen LogP contribution in [0.3, 0.4) is 0 Å². The molecule has 0 aliphatic rings. The Morgan fingerprint density at radius 2 is 1.21 bits per heavy atom. The van der Waals surface area contributed by atoms with Gasteiger partial charge in [-0.2, -0.15) is 0 Å². The molecule has 0 radical (unpaired) electrons. The normalized spacial score (nSPS) is 15.3.